The highest BCUT2D eigenvalue weighted by molar-refractivity contribution is 6.01. The van der Waals surface area contributed by atoms with E-state index in [4.69, 9.17) is 0 Å². The SMILES string of the molecule is CC(C)(C)N(C(=O)O)c1c[nH]c2cc(F)c(F)cc12. The average molecular weight is 268 g/mol. The van der Waals surface area contributed by atoms with E-state index in [1.165, 1.54) is 6.20 Å². The summed E-state index contributed by atoms with van der Waals surface area (Å²) < 4.78 is 26.4. The molecule has 1 amide bonds. The summed E-state index contributed by atoms with van der Waals surface area (Å²) in [4.78, 5) is 15.3. The molecule has 2 N–H and O–H groups in total. The molecule has 1 aromatic heterocycles. The lowest BCUT2D eigenvalue weighted by Gasteiger charge is -2.32. The number of carbonyl (C=O) groups is 1. The number of hydrogen-bond acceptors (Lipinski definition) is 1. The summed E-state index contributed by atoms with van der Waals surface area (Å²) in [6, 6.07) is 2.01. The molecule has 0 unspecified atom stereocenters. The van der Waals surface area contributed by atoms with Gasteiger partial charge in [-0.2, -0.15) is 0 Å². The number of H-pyrrole nitrogens is 1. The Morgan fingerprint density at radius 1 is 1.26 bits per heavy atom. The minimum atomic E-state index is -1.15. The van der Waals surface area contributed by atoms with Crippen LogP contribution in [0.3, 0.4) is 0 Å². The summed E-state index contributed by atoms with van der Waals surface area (Å²) >= 11 is 0. The lowest BCUT2D eigenvalue weighted by Crippen LogP contribution is -2.45. The minimum absolute atomic E-state index is 0.300. The highest BCUT2D eigenvalue weighted by atomic mass is 19.2. The van der Waals surface area contributed by atoms with Gasteiger partial charge in [0.2, 0.25) is 0 Å². The van der Waals surface area contributed by atoms with Gasteiger partial charge in [-0.3, -0.25) is 4.90 Å². The second kappa shape index (κ2) is 4.22. The van der Waals surface area contributed by atoms with E-state index in [1.807, 2.05) is 0 Å². The van der Waals surface area contributed by atoms with E-state index in [0.29, 0.717) is 16.6 Å². The van der Waals surface area contributed by atoms with E-state index >= 15 is 0 Å². The maximum Gasteiger partial charge on any atom is 0.412 e. The van der Waals surface area contributed by atoms with Crippen LogP contribution in [0.4, 0.5) is 19.3 Å². The van der Waals surface area contributed by atoms with Crippen LogP contribution in [0.2, 0.25) is 0 Å². The third-order valence-electron chi connectivity index (χ3n) is 2.80. The number of halogens is 2. The lowest BCUT2D eigenvalue weighted by molar-refractivity contribution is 0.196. The Morgan fingerprint density at radius 3 is 2.37 bits per heavy atom. The Labute approximate surface area is 108 Å². The quantitative estimate of drug-likeness (QED) is 0.828. The summed E-state index contributed by atoms with van der Waals surface area (Å²) in [7, 11) is 0. The zero-order chi connectivity index (χ0) is 14.4. The molecule has 0 saturated heterocycles. The topological polar surface area (TPSA) is 56.3 Å². The van der Waals surface area contributed by atoms with Gasteiger partial charge in [-0.25, -0.2) is 13.6 Å². The second-order valence-electron chi connectivity index (χ2n) is 5.27. The predicted molar refractivity (Wildman–Crippen MR) is 68.5 cm³/mol. The summed E-state index contributed by atoms with van der Waals surface area (Å²) in [5.74, 6) is -1.98. The molecule has 0 radical (unpaired) electrons. The fourth-order valence-corrected chi connectivity index (χ4v) is 2.04. The van der Waals surface area contributed by atoms with Crippen molar-refractivity contribution in [1.82, 2.24) is 4.98 Å². The molecular formula is C13H14F2N2O2. The molecule has 2 rings (SSSR count). The van der Waals surface area contributed by atoms with Crippen molar-refractivity contribution in [2.24, 2.45) is 0 Å². The van der Waals surface area contributed by atoms with Crippen LogP contribution in [0.5, 0.6) is 0 Å². The molecule has 0 aliphatic rings. The standard InChI is InChI=1S/C13H14F2N2O2/c1-13(2,3)17(12(18)19)11-6-16-10-5-9(15)8(14)4-7(10)11/h4-6,16H,1-3H3,(H,18,19). The van der Waals surface area contributed by atoms with Crippen LogP contribution < -0.4 is 4.90 Å². The van der Waals surface area contributed by atoms with Crippen LogP contribution in [0, 0.1) is 11.6 Å². The molecule has 2 aromatic rings. The Kier molecular flexibility index (Phi) is 2.96. The van der Waals surface area contributed by atoms with E-state index in [9.17, 15) is 18.7 Å². The Balaban J connectivity index is 2.68. The van der Waals surface area contributed by atoms with Crippen LogP contribution in [0.1, 0.15) is 20.8 Å². The van der Waals surface area contributed by atoms with Crippen LogP contribution in [-0.2, 0) is 0 Å². The molecule has 0 atom stereocenters. The first-order chi connectivity index (χ1) is 8.71. The summed E-state index contributed by atoms with van der Waals surface area (Å²) in [5.41, 5.74) is -0.0514. The Morgan fingerprint density at radius 2 is 1.84 bits per heavy atom. The van der Waals surface area contributed by atoms with Gasteiger partial charge in [0.15, 0.2) is 11.6 Å². The van der Waals surface area contributed by atoms with Crippen LogP contribution in [0.25, 0.3) is 10.9 Å². The number of hydrogen-bond donors (Lipinski definition) is 2. The molecule has 6 heteroatoms. The van der Waals surface area contributed by atoms with E-state index in [2.05, 4.69) is 4.98 Å². The maximum atomic E-state index is 13.3. The molecule has 102 valence electrons. The molecule has 1 heterocycles. The van der Waals surface area contributed by atoms with E-state index < -0.39 is 23.3 Å². The summed E-state index contributed by atoms with van der Waals surface area (Å²) in [6.07, 6.45) is 0.279. The van der Waals surface area contributed by atoms with Gasteiger partial charge >= 0.3 is 6.09 Å². The zero-order valence-electron chi connectivity index (χ0n) is 10.8. The number of rotatable bonds is 1. The van der Waals surface area contributed by atoms with Crippen molar-refractivity contribution >= 4 is 22.7 Å². The fraction of sp³-hybridized carbons (Fsp3) is 0.308. The number of carboxylic acid groups (broad SMARTS) is 1. The number of amides is 1. The molecule has 1 aromatic carbocycles. The first-order valence-corrected chi connectivity index (χ1v) is 5.71. The largest absolute Gasteiger partial charge is 0.465 e. The number of benzene rings is 1. The van der Waals surface area contributed by atoms with Gasteiger partial charge in [0.05, 0.1) is 11.2 Å². The predicted octanol–water partition coefficient (Wildman–Crippen LogP) is 3.73. The van der Waals surface area contributed by atoms with Crippen molar-refractivity contribution < 1.29 is 18.7 Å². The fourth-order valence-electron chi connectivity index (χ4n) is 2.04. The van der Waals surface area contributed by atoms with Crippen molar-refractivity contribution in [3.05, 3.63) is 30.0 Å². The average Bonchev–Trinajstić information content (AvgIpc) is 2.60. The van der Waals surface area contributed by atoms with Crippen molar-refractivity contribution in [2.45, 2.75) is 26.3 Å². The number of nitrogens with zero attached hydrogens (tertiary/aromatic N) is 1. The summed E-state index contributed by atoms with van der Waals surface area (Å²) in [6.45, 7) is 5.17. The highest BCUT2D eigenvalue weighted by Crippen LogP contribution is 2.32. The van der Waals surface area contributed by atoms with Crippen molar-refractivity contribution in [3.63, 3.8) is 0 Å². The van der Waals surface area contributed by atoms with E-state index in [1.54, 1.807) is 20.8 Å². The van der Waals surface area contributed by atoms with Crippen LogP contribution in [0.15, 0.2) is 18.3 Å². The van der Waals surface area contributed by atoms with Crippen molar-refractivity contribution in [1.29, 1.82) is 0 Å². The first kappa shape index (κ1) is 13.3. The smallest absolute Gasteiger partial charge is 0.412 e. The molecule has 0 aliphatic heterocycles. The van der Waals surface area contributed by atoms with Crippen LogP contribution >= 0.6 is 0 Å². The molecule has 0 saturated carbocycles. The number of anilines is 1. The molecule has 19 heavy (non-hydrogen) atoms. The van der Waals surface area contributed by atoms with Gasteiger partial charge in [-0.1, -0.05) is 0 Å². The second-order valence-corrected chi connectivity index (χ2v) is 5.27. The molecule has 0 fully saturated rings. The number of nitrogens with one attached hydrogen (secondary N) is 1. The van der Waals surface area contributed by atoms with Gasteiger partial charge in [0, 0.05) is 23.2 Å². The maximum absolute atomic E-state index is 13.3. The van der Waals surface area contributed by atoms with Gasteiger partial charge in [-0.05, 0) is 26.8 Å². The molecule has 4 nitrogen and oxygen atoms in total. The Bertz CT molecular complexity index is 644. The van der Waals surface area contributed by atoms with Crippen LogP contribution in [-0.4, -0.2) is 21.7 Å². The molecule has 0 bridgehead atoms. The van der Waals surface area contributed by atoms with Crippen molar-refractivity contribution in [3.8, 4) is 0 Å². The number of aromatic nitrogens is 1. The number of fused-ring (bicyclic) bond motifs is 1. The first-order valence-electron chi connectivity index (χ1n) is 5.71. The van der Waals surface area contributed by atoms with Gasteiger partial charge < -0.3 is 10.1 Å². The number of aromatic amines is 1. The molecule has 0 spiro atoms. The van der Waals surface area contributed by atoms with Gasteiger partial charge in [0.1, 0.15) is 0 Å². The third-order valence-corrected chi connectivity index (χ3v) is 2.80. The van der Waals surface area contributed by atoms with Gasteiger partial charge in [0.25, 0.3) is 0 Å². The van der Waals surface area contributed by atoms with E-state index in [0.717, 1.165) is 17.0 Å². The van der Waals surface area contributed by atoms with Crippen molar-refractivity contribution in [2.75, 3.05) is 4.90 Å². The van der Waals surface area contributed by atoms with E-state index in [-0.39, 0.29) is 0 Å². The zero-order valence-corrected chi connectivity index (χ0v) is 10.8. The molecular weight excluding hydrogens is 254 g/mol. The third kappa shape index (κ3) is 2.25. The normalized spacial score (nSPS) is 11.8. The molecule has 0 aliphatic carbocycles. The highest BCUT2D eigenvalue weighted by Gasteiger charge is 2.30. The summed E-state index contributed by atoms with van der Waals surface area (Å²) in [5, 5.41) is 9.64. The Hall–Kier alpha value is -2.11. The lowest BCUT2D eigenvalue weighted by atomic mass is 10.1. The minimum Gasteiger partial charge on any atom is -0.465 e. The monoisotopic (exact) mass is 268 g/mol. The van der Waals surface area contributed by atoms with Gasteiger partial charge in [-0.15, -0.1) is 0 Å².